The van der Waals surface area contributed by atoms with E-state index in [2.05, 4.69) is 20.6 Å². The molecule has 204 valence electrons. The number of hydrogen-bond acceptors (Lipinski definition) is 6. The van der Waals surface area contributed by atoms with Gasteiger partial charge in [0.05, 0.1) is 16.7 Å². The Balaban J connectivity index is 1.17. The molecule has 0 spiro atoms. The summed E-state index contributed by atoms with van der Waals surface area (Å²) in [4.78, 5) is 47.6. The topological polar surface area (TPSA) is 116 Å². The average Bonchev–Trinajstić information content (AvgIpc) is 3.37. The molecule has 9 heteroatoms. The average molecular weight is 546 g/mol. The number of esters is 1. The normalized spacial score (nSPS) is 14.1. The third-order valence-corrected chi connectivity index (χ3v) is 7.06. The molecule has 1 unspecified atom stereocenters. The number of imidazole rings is 1. The largest absolute Gasteiger partial charge is 0.453 e. The number of hydrogen-bond donors (Lipinski definition) is 3. The van der Waals surface area contributed by atoms with Crippen molar-refractivity contribution in [3.8, 4) is 0 Å². The monoisotopic (exact) mass is 545 g/mol. The molecule has 1 aromatic heterocycles. The number of amides is 2. The second-order valence-corrected chi connectivity index (χ2v) is 9.82. The lowest BCUT2D eigenvalue weighted by Gasteiger charge is -2.21. The SMILES string of the molecule is CC(=O)OC1c2ccccc2C(=O)N(C)c2cc(C(=O)NCc3ccc(Nc4nc5ccccc5[nH]4)cc3)ccc21. The summed E-state index contributed by atoms with van der Waals surface area (Å²) in [5.41, 5.74) is 6.19. The molecule has 0 saturated carbocycles. The van der Waals surface area contributed by atoms with Gasteiger partial charge in [-0.25, -0.2) is 4.98 Å². The molecule has 0 saturated heterocycles. The third kappa shape index (κ3) is 5.12. The van der Waals surface area contributed by atoms with Crippen LogP contribution >= 0.6 is 0 Å². The maximum Gasteiger partial charge on any atom is 0.303 e. The van der Waals surface area contributed by atoms with Gasteiger partial charge < -0.3 is 25.3 Å². The molecule has 0 radical (unpaired) electrons. The van der Waals surface area contributed by atoms with Gasteiger partial charge in [0.1, 0.15) is 0 Å². The first-order valence-electron chi connectivity index (χ1n) is 13.1. The maximum absolute atomic E-state index is 13.3. The van der Waals surface area contributed by atoms with Gasteiger partial charge in [-0.05, 0) is 48.0 Å². The van der Waals surface area contributed by atoms with Crippen LogP contribution in [0.1, 0.15) is 50.4 Å². The molecule has 9 nitrogen and oxygen atoms in total. The molecule has 2 amide bonds. The van der Waals surface area contributed by atoms with Gasteiger partial charge in [-0.1, -0.05) is 48.5 Å². The van der Waals surface area contributed by atoms with Crippen molar-refractivity contribution in [2.45, 2.75) is 19.6 Å². The van der Waals surface area contributed by atoms with E-state index in [9.17, 15) is 14.4 Å². The van der Waals surface area contributed by atoms with Crippen LogP contribution in [0.4, 0.5) is 17.3 Å². The highest BCUT2D eigenvalue weighted by molar-refractivity contribution is 6.09. The Morgan fingerprint density at radius 2 is 1.71 bits per heavy atom. The maximum atomic E-state index is 13.3. The second-order valence-electron chi connectivity index (χ2n) is 9.82. The van der Waals surface area contributed by atoms with Crippen LogP contribution in [-0.2, 0) is 16.1 Å². The second kappa shape index (κ2) is 10.6. The molecule has 5 aromatic rings. The van der Waals surface area contributed by atoms with E-state index in [1.54, 1.807) is 49.5 Å². The summed E-state index contributed by atoms with van der Waals surface area (Å²) in [5, 5.41) is 6.20. The Labute approximate surface area is 236 Å². The summed E-state index contributed by atoms with van der Waals surface area (Å²) in [6, 6.07) is 27.6. The minimum atomic E-state index is -0.767. The number of para-hydroxylation sites is 2. The molecule has 3 N–H and O–H groups in total. The van der Waals surface area contributed by atoms with Crippen molar-refractivity contribution in [1.82, 2.24) is 15.3 Å². The number of anilines is 3. The fraction of sp³-hybridized carbons (Fsp3) is 0.125. The van der Waals surface area contributed by atoms with Crippen molar-refractivity contribution in [3.63, 3.8) is 0 Å². The highest BCUT2D eigenvalue weighted by atomic mass is 16.5. The minimum Gasteiger partial charge on any atom is -0.453 e. The number of aromatic nitrogens is 2. The Bertz CT molecular complexity index is 1760. The standard InChI is InChI=1S/C32H27N5O4/c1-19(38)41-29-23-7-3-4-8-24(23)31(40)37(2)28-17-21(13-16-25(28)29)30(39)33-18-20-11-14-22(15-12-20)34-32-35-26-9-5-6-10-27(26)36-32/h3-17,29H,18H2,1-2H3,(H,33,39)(H2,34,35,36). The van der Waals surface area contributed by atoms with Gasteiger partial charge in [0.15, 0.2) is 6.10 Å². The van der Waals surface area contributed by atoms with Crippen LogP contribution in [0.15, 0.2) is 91.0 Å². The van der Waals surface area contributed by atoms with Crippen molar-refractivity contribution in [2.75, 3.05) is 17.3 Å². The van der Waals surface area contributed by atoms with Gasteiger partial charge in [-0.2, -0.15) is 0 Å². The fourth-order valence-corrected chi connectivity index (χ4v) is 5.01. The van der Waals surface area contributed by atoms with Crippen molar-refractivity contribution in [3.05, 3.63) is 119 Å². The first-order valence-corrected chi connectivity index (χ1v) is 13.1. The molecule has 1 aliphatic rings. The molecule has 1 aliphatic heterocycles. The fourth-order valence-electron chi connectivity index (χ4n) is 5.01. The van der Waals surface area contributed by atoms with E-state index in [0.717, 1.165) is 22.3 Å². The molecule has 0 bridgehead atoms. The highest BCUT2D eigenvalue weighted by Crippen LogP contribution is 2.39. The lowest BCUT2D eigenvalue weighted by Crippen LogP contribution is -2.27. The van der Waals surface area contributed by atoms with Crippen molar-refractivity contribution in [2.24, 2.45) is 0 Å². The van der Waals surface area contributed by atoms with E-state index in [-0.39, 0.29) is 11.8 Å². The number of carbonyl (C=O) groups excluding carboxylic acids is 3. The number of aromatic amines is 1. The Morgan fingerprint density at radius 1 is 0.951 bits per heavy atom. The van der Waals surface area contributed by atoms with E-state index < -0.39 is 12.1 Å². The minimum absolute atomic E-state index is 0.245. The van der Waals surface area contributed by atoms with Gasteiger partial charge in [-0.15, -0.1) is 0 Å². The van der Waals surface area contributed by atoms with Crippen LogP contribution in [0.25, 0.3) is 11.0 Å². The van der Waals surface area contributed by atoms with Gasteiger partial charge in [0, 0.05) is 48.5 Å². The molecular weight excluding hydrogens is 518 g/mol. The molecule has 4 aromatic carbocycles. The van der Waals surface area contributed by atoms with Gasteiger partial charge in [0.25, 0.3) is 11.8 Å². The molecular formula is C32H27N5O4. The number of carbonyl (C=O) groups is 3. The van der Waals surface area contributed by atoms with Gasteiger partial charge in [0.2, 0.25) is 5.95 Å². The highest BCUT2D eigenvalue weighted by Gasteiger charge is 2.33. The van der Waals surface area contributed by atoms with Gasteiger partial charge in [-0.3, -0.25) is 14.4 Å². The van der Waals surface area contributed by atoms with Crippen LogP contribution in [-0.4, -0.2) is 34.8 Å². The summed E-state index contributed by atoms with van der Waals surface area (Å²) in [6.07, 6.45) is -0.767. The Hall–Kier alpha value is -5.44. The quantitative estimate of drug-likeness (QED) is 0.243. The van der Waals surface area contributed by atoms with Crippen LogP contribution < -0.4 is 15.5 Å². The number of ether oxygens (including phenoxy) is 1. The smallest absolute Gasteiger partial charge is 0.303 e. The number of nitrogens with zero attached hydrogens (tertiary/aromatic N) is 2. The Morgan fingerprint density at radius 3 is 2.49 bits per heavy atom. The number of H-pyrrole nitrogens is 1. The summed E-state index contributed by atoms with van der Waals surface area (Å²) < 4.78 is 5.66. The number of benzene rings is 4. The van der Waals surface area contributed by atoms with Crippen LogP contribution in [0.2, 0.25) is 0 Å². The molecule has 1 atom stereocenters. The molecule has 2 heterocycles. The predicted octanol–water partition coefficient (Wildman–Crippen LogP) is 5.48. The first-order chi connectivity index (χ1) is 19.9. The molecule has 41 heavy (non-hydrogen) atoms. The number of nitrogens with one attached hydrogen (secondary N) is 3. The molecule has 0 fully saturated rings. The zero-order valence-electron chi connectivity index (χ0n) is 22.5. The van der Waals surface area contributed by atoms with Crippen molar-refractivity contribution >= 4 is 46.1 Å². The van der Waals surface area contributed by atoms with Crippen LogP contribution in [0.5, 0.6) is 0 Å². The lowest BCUT2D eigenvalue weighted by molar-refractivity contribution is -0.144. The molecule has 6 rings (SSSR count). The predicted molar refractivity (Wildman–Crippen MR) is 156 cm³/mol. The lowest BCUT2D eigenvalue weighted by atomic mass is 9.96. The zero-order chi connectivity index (χ0) is 28.5. The summed E-state index contributed by atoms with van der Waals surface area (Å²) >= 11 is 0. The van der Waals surface area contributed by atoms with Crippen molar-refractivity contribution < 1.29 is 19.1 Å². The number of rotatable bonds is 6. The summed E-state index contributed by atoms with van der Waals surface area (Å²) in [5.74, 6) is -0.347. The van der Waals surface area contributed by atoms with Crippen LogP contribution in [0, 0.1) is 0 Å². The van der Waals surface area contributed by atoms with Crippen LogP contribution in [0.3, 0.4) is 0 Å². The summed E-state index contributed by atoms with van der Waals surface area (Å²) in [6.45, 7) is 1.65. The van der Waals surface area contributed by atoms with Crippen molar-refractivity contribution in [1.29, 1.82) is 0 Å². The van der Waals surface area contributed by atoms with E-state index in [1.165, 1.54) is 11.8 Å². The molecule has 0 aliphatic carbocycles. The van der Waals surface area contributed by atoms with Gasteiger partial charge >= 0.3 is 5.97 Å². The zero-order valence-corrected chi connectivity index (χ0v) is 22.5. The van der Waals surface area contributed by atoms with E-state index in [4.69, 9.17) is 4.74 Å². The van der Waals surface area contributed by atoms with E-state index in [1.807, 2.05) is 48.5 Å². The van der Waals surface area contributed by atoms with E-state index in [0.29, 0.717) is 40.4 Å². The summed E-state index contributed by atoms with van der Waals surface area (Å²) in [7, 11) is 1.65. The number of fused-ring (bicyclic) bond motifs is 3. The third-order valence-electron chi connectivity index (χ3n) is 7.06. The Kier molecular flexibility index (Phi) is 6.68. The first kappa shape index (κ1) is 25.8. The van der Waals surface area contributed by atoms with E-state index >= 15 is 0 Å².